The Morgan fingerprint density at radius 1 is 0.857 bits per heavy atom. The number of Topliss-reactive ketones (excluding diaryl/α,β-unsaturated/α-hetero) is 1. The fraction of sp³-hybridized carbons (Fsp3) is 0.257. The fourth-order valence-electron chi connectivity index (χ4n) is 5.39. The van der Waals surface area contributed by atoms with Gasteiger partial charge in [-0.3, -0.25) is 9.59 Å². The van der Waals surface area contributed by atoms with Gasteiger partial charge >= 0.3 is 6.18 Å². The van der Waals surface area contributed by atoms with Crippen molar-refractivity contribution in [3.63, 3.8) is 0 Å². The van der Waals surface area contributed by atoms with Crippen LogP contribution in [-0.4, -0.2) is 23.8 Å². The molecule has 2 N–H and O–H groups in total. The number of nitrogens with one attached hydrogen (secondary N) is 2. The molecule has 0 spiro atoms. The highest BCUT2D eigenvalue weighted by atomic mass is 19.4. The fourth-order valence-corrected chi connectivity index (χ4v) is 5.39. The molecule has 2 unspecified atom stereocenters. The van der Waals surface area contributed by atoms with Crippen LogP contribution in [0.2, 0.25) is 0 Å². The maximum absolute atomic E-state index is 13.6. The number of halogens is 3. The quantitative estimate of drug-likeness (QED) is 0.208. The largest absolute Gasteiger partial charge is 0.416 e. The molecule has 5 rings (SSSR count). The van der Waals surface area contributed by atoms with E-state index >= 15 is 0 Å². The second-order valence-corrected chi connectivity index (χ2v) is 11.2. The van der Waals surface area contributed by atoms with Gasteiger partial charge in [-0.2, -0.15) is 13.2 Å². The predicted octanol–water partition coefficient (Wildman–Crippen LogP) is 7.51. The summed E-state index contributed by atoms with van der Waals surface area (Å²) in [4.78, 5) is 27.2. The van der Waals surface area contributed by atoms with Gasteiger partial charge in [-0.25, -0.2) is 0 Å². The summed E-state index contributed by atoms with van der Waals surface area (Å²) >= 11 is 0. The molecule has 4 aromatic carbocycles. The van der Waals surface area contributed by atoms with E-state index in [0.29, 0.717) is 23.5 Å². The van der Waals surface area contributed by atoms with Crippen LogP contribution < -0.4 is 10.6 Å². The SMILES string of the molecule is CC(C)c1cccc(-c2cccc(C(=O)NC3(C(=O)CNCc4cccc(C(F)(F)F)c4)CC3c3ccccc3)c2)c1. The number of alkyl halides is 3. The molecule has 0 aliphatic heterocycles. The Morgan fingerprint density at radius 3 is 2.26 bits per heavy atom. The van der Waals surface area contributed by atoms with Crippen LogP contribution in [0.1, 0.15) is 64.7 Å². The number of amides is 1. The van der Waals surface area contributed by atoms with Crippen LogP contribution in [0.15, 0.2) is 103 Å². The molecule has 0 saturated heterocycles. The van der Waals surface area contributed by atoms with Gasteiger partial charge in [-0.15, -0.1) is 0 Å². The number of hydrogen-bond acceptors (Lipinski definition) is 3. The topological polar surface area (TPSA) is 58.2 Å². The number of hydrogen-bond donors (Lipinski definition) is 2. The van der Waals surface area contributed by atoms with E-state index in [0.717, 1.165) is 28.8 Å². The van der Waals surface area contributed by atoms with Crippen molar-refractivity contribution in [2.24, 2.45) is 0 Å². The molecule has 4 nitrogen and oxygen atoms in total. The van der Waals surface area contributed by atoms with E-state index in [9.17, 15) is 22.8 Å². The highest BCUT2D eigenvalue weighted by Crippen LogP contribution is 2.52. The zero-order valence-electron chi connectivity index (χ0n) is 23.5. The molecule has 42 heavy (non-hydrogen) atoms. The molecule has 0 heterocycles. The zero-order chi connectivity index (χ0) is 29.9. The third-order valence-corrected chi connectivity index (χ3v) is 7.88. The molecular weight excluding hydrogens is 537 g/mol. The van der Waals surface area contributed by atoms with E-state index in [4.69, 9.17) is 0 Å². The van der Waals surface area contributed by atoms with Crippen molar-refractivity contribution in [2.45, 2.75) is 50.4 Å². The van der Waals surface area contributed by atoms with Crippen molar-refractivity contribution in [3.05, 3.63) is 131 Å². The van der Waals surface area contributed by atoms with Crippen molar-refractivity contribution in [1.29, 1.82) is 0 Å². The smallest absolute Gasteiger partial charge is 0.339 e. The van der Waals surface area contributed by atoms with Crippen LogP contribution in [0.3, 0.4) is 0 Å². The third kappa shape index (κ3) is 6.47. The second kappa shape index (κ2) is 11.9. The second-order valence-electron chi connectivity index (χ2n) is 11.2. The van der Waals surface area contributed by atoms with Crippen LogP contribution in [0.25, 0.3) is 11.1 Å². The molecule has 0 radical (unpaired) electrons. The highest BCUT2D eigenvalue weighted by Gasteiger charge is 2.60. The summed E-state index contributed by atoms with van der Waals surface area (Å²) in [6.07, 6.45) is -3.99. The first-order valence-corrected chi connectivity index (χ1v) is 14.0. The first kappa shape index (κ1) is 29.3. The van der Waals surface area contributed by atoms with Crippen LogP contribution >= 0.6 is 0 Å². The number of ketones is 1. The molecule has 4 aromatic rings. The van der Waals surface area contributed by atoms with Gasteiger partial charge in [-0.1, -0.05) is 98.8 Å². The monoisotopic (exact) mass is 570 g/mol. The minimum absolute atomic E-state index is 0.0905. The molecular formula is C35H33F3N2O2. The Kier molecular flexibility index (Phi) is 8.32. The Balaban J connectivity index is 1.33. The highest BCUT2D eigenvalue weighted by molar-refractivity contribution is 6.03. The molecule has 1 saturated carbocycles. The van der Waals surface area contributed by atoms with Gasteiger partial charge in [0.15, 0.2) is 5.78 Å². The molecule has 1 aliphatic carbocycles. The van der Waals surface area contributed by atoms with Gasteiger partial charge in [0.25, 0.3) is 5.91 Å². The zero-order valence-corrected chi connectivity index (χ0v) is 23.5. The summed E-state index contributed by atoms with van der Waals surface area (Å²) in [6.45, 7) is 4.26. The summed E-state index contributed by atoms with van der Waals surface area (Å²) in [5.74, 6) is -0.385. The van der Waals surface area contributed by atoms with Crippen LogP contribution in [0, 0.1) is 0 Å². The molecule has 2 atom stereocenters. The lowest BCUT2D eigenvalue weighted by Crippen LogP contribution is -2.48. The average Bonchev–Trinajstić information content (AvgIpc) is 3.72. The molecule has 216 valence electrons. The van der Waals surface area contributed by atoms with Crippen molar-refractivity contribution in [1.82, 2.24) is 10.6 Å². The maximum Gasteiger partial charge on any atom is 0.416 e. The normalized spacial score (nSPS) is 18.1. The number of benzene rings is 4. The van der Waals surface area contributed by atoms with Gasteiger partial charge in [0.1, 0.15) is 5.54 Å². The van der Waals surface area contributed by atoms with E-state index in [1.54, 1.807) is 12.1 Å². The van der Waals surface area contributed by atoms with E-state index in [2.05, 4.69) is 36.6 Å². The summed E-state index contributed by atoms with van der Waals surface area (Å²) in [5.41, 5.74) is 3.09. The first-order valence-electron chi connectivity index (χ1n) is 14.0. The molecule has 7 heteroatoms. The van der Waals surface area contributed by atoms with E-state index in [1.165, 1.54) is 11.6 Å². The summed E-state index contributed by atoms with van der Waals surface area (Å²) in [6, 6.07) is 30.1. The standard InChI is InChI=1S/C35H33F3N2O2/c1-23(2)26-12-7-13-27(18-26)28-14-8-15-29(19-28)33(42)40-34(20-31(34)25-10-4-3-5-11-25)32(41)22-39-21-24-9-6-16-30(17-24)35(36,37)38/h3-19,23,31,39H,20-22H2,1-2H3,(H,40,42). The Morgan fingerprint density at radius 2 is 1.55 bits per heavy atom. The number of carbonyl (C=O) groups excluding carboxylic acids is 2. The Bertz CT molecular complexity index is 1580. The molecule has 1 fully saturated rings. The minimum Gasteiger partial charge on any atom is -0.339 e. The maximum atomic E-state index is 13.6. The molecule has 1 amide bonds. The number of rotatable bonds is 10. The van der Waals surface area contributed by atoms with Gasteiger partial charge in [0, 0.05) is 18.0 Å². The van der Waals surface area contributed by atoms with E-state index < -0.39 is 17.3 Å². The van der Waals surface area contributed by atoms with Crippen LogP contribution in [0.5, 0.6) is 0 Å². The van der Waals surface area contributed by atoms with Crippen LogP contribution in [0.4, 0.5) is 13.2 Å². The first-order chi connectivity index (χ1) is 20.1. The van der Waals surface area contributed by atoms with Gasteiger partial charge in [0.05, 0.1) is 12.1 Å². The summed E-state index contributed by atoms with van der Waals surface area (Å²) in [7, 11) is 0. The average molecular weight is 571 g/mol. The summed E-state index contributed by atoms with van der Waals surface area (Å²) < 4.78 is 39.3. The lowest BCUT2D eigenvalue weighted by atomic mass is 9.96. The Labute approximate surface area is 244 Å². The predicted molar refractivity (Wildman–Crippen MR) is 158 cm³/mol. The van der Waals surface area contributed by atoms with Gasteiger partial charge < -0.3 is 10.6 Å². The van der Waals surface area contributed by atoms with Crippen molar-refractivity contribution >= 4 is 11.7 Å². The van der Waals surface area contributed by atoms with Gasteiger partial charge in [0.2, 0.25) is 0 Å². The molecule has 0 bridgehead atoms. The summed E-state index contributed by atoms with van der Waals surface area (Å²) in [5, 5.41) is 6.03. The lowest BCUT2D eigenvalue weighted by molar-refractivity contribution is -0.137. The minimum atomic E-state index is -4.44. The van der Waals surface area contributed by atoms with E-state index in [-0.39, 0.29) is 30.7 Å². The van der Waals surface area contributed by atoms with Crippen LogP contribution in [-0.2, 0) is 17.5 Å². The molecule has 0 aromatic heterocycles. The lowest BCUT2D eigenvalue weighted by Gasteiger charge is -2.20. The van der Waals surface area contributed by atoms with Gasteiger partial charge in [-0.05, 0) is 58.4 Å². The van der Waals surface area contributed by atoms with E-state index in [1.807, 2.05) is 60.7 Å². The van der Waals surface area contributed by atoms with Crippen molar-refractivity contribution < 1.29 is 22.8 Å². The number of carbonyl (C=O) groups is 2. The Hall–Kier alpha value is -4.23. The third-order valence-electron chi connectivity index (χ3n) is 7.88. The van der Waals surface area contributed by atoms with Crippen molar-refractivity contribution in [3.8, 4) is 11.1 Å². The van der Waals surface area contributed by atoms with Crippen molar-refractivity contribution in [2.75, 3.05) is 6.54 Å². The molecule has 1 aliphatic rings.